The van der Waals surface area contributed by atoms with Crippen LogP contribution in [-0.2, 0) is 9.53 Å². The van der Waals surface area contributed by atoms with Gasteiger partial charge in [0.15, 0.2) is 0 Å². The molecule has 0 aliphatic carbocycles. The molecule has 26 heavy (non-hydrogen) atoms. The molecule has 2 amide bonds. The van der Waals surface area contributed by atoms with E-state index in [1.165, 1.54) is 19.3 Å². The van der Waals surface area contributed by atoms with Gasteiger partial charge in [-0.15, -0.1) is 0 Å². The van der Waals surface area contributed by atoms with Gasteiger partial charge in [-0.2, -0.15) is 0 Å². The van der Waals surface area contributed by atoms with Gasteiger partial charge < -0.3 is 10.1 Å². The highest BCUT2D eigenvalue weighted by Gasteiger charge is 2.34. The van der Waals surface area contributed by atoms with Crippen LogP contribution < -0.4 is 5.32 Å². The van der Waals surface area contributed by atoms with Crippen LogP contribution in [0.25, 0.3) is 0 Å². The molecule has 0 unspecified atom stereocenters. The van der Waals surface area contributed by atoms with E-state index in [0.717, 1.165) is 19.4 Å². The van der Waals surface area contributed by atoms with Crippen molar-refractivity contribution in [1.82, 2.24) is 15.1 Å². The standard InChI is InChI=1S/C20H37N3O3/c1-15-9-8-10-16(2)22(15)14-12-21-18(24)17-11-6-7-13-23(17)19(25)26-20(3,4)5/h15-17H,6-14H2,1-5H3,(H,21,24)/t15-,16+,17-/m0/s1. The van der Waals surface area contributed by atoms with E-state index in [0.29, 0.717) is 31.6 Å². The number of hydrogen-bond acceptors (Lipinski definition) is 4. The maximum atomic E-state index is 12.7. The van der Waals surface area contributed by atoms with Gasteiger partial charge in [0, 0.05) is 31.7 Å². The smallest absolute Gasteiger partial charge is 0.410 e. The van der Waals surface area contributed by atoms with Gasteiger partial charge in [0.05, 0.1) is 0 Å². The first kappa shape index (κ1) is 21.0. The molecule has 0 radical (unpaired) electrons. The summed E-state index contributed by atoms with van der Waals surface area (Å²) in [6.45, 7) is 12.2. The van der Waals surface area contributed by atoms with E-state index in [-0.39, 0.29) is 12.0 Å². The average molecular weight is 368 g/mol. The topological polar surface area (TPSA) is 61.9 Å². The van der Waals surface area contributed by atoms with Crippen LogP contribution in [0, 0.1) is 0 Å². The zero-order chi connectivity index (χ0) is 19.3. The first-order valence-electron chi connectivity index (χ1n) is 10.2. The van der Waals surface area contributed by atoms with Crippen molar-refractivity contribution in [3.8, 4) is 0 Å². The molecule has 3 atom stereocenters. The zero-order valence-corrected chi connectivity index (χ0v) is 17.2. The number of carbonyl (C=O) groups is 2. The quantitative estimate of drug-likeness (QED) is 0.829. The largest absolute Gasteiger partial charge is 0.444 e. The van der Waals surface area contributed by atoms with Gasteiger partial charge >= 0.3 is 6.09 Å². The lowest BCUT2D eigenvalue weighted by atomic mass is 9.97. The molecule has 6 heteroatoms. The molecule has 6 nitrogen and oxygen atoms in total. The Bertz CT molecular complexity index is 479. The molecule has 2 fully saturated rings. The summed E-state index contributed by atoms with van der Waals surface area (Å²) in [5.74, 6) is -0.0483. The van der Waals surface area contributed by atoms with Gasteiger partial charge in [0.25, 0.3) is 0 Å². The summed E-state index contributed by atoms with van der Waals surface area (Å²) in [4.78, 5) is 29.2. The lowest BCUT2D eigenvalue weighted by Crippen LogP contribution is -2.54. The van der Waals surface area contributed by atoms with Crippen molar-refractivity contribution >= 4 is 12.0 Å². The van der Waals surface area contributed by atoms with Gasteiger partial charge in [0.1, 0.15) is 11.6 Å². The Kier molecular flexibility index (Phi) is 7.33. The Morgan fingerprint density at radius 3 is 2.31 bits per heavy atom. The Morgan fingerprint density at radius 2 is 1.69 bits per heavy atom. The van der Waals surface area contributed by atoms with Crippen molar-refractivity contribution in [2.75, 3.05) is 19.6 Å². The maximum Gasteiger partial charge on any atom is 0.410 e. The second-order valence-electron chi connectivity index (χ2n) is 8.84. The number of carbonyl (C=O) groups excluding carboxylic acids is 2. The Morgan fingerprint density at radius 1 is 1.04 bits per heavy atom. The summed E-state index contributed by atoms with van der Waals surface area (Å²) in [6.07, 6.45) is 5.97. The molecule has 2 aliphatic heterocycles. The molecule has 0 aromatic rings. The minimum Gasteiger partial charge on any atom is -0.444 e. The van der Waals surface area contributed by atoms with Crippen molar-refractivity contribution in [3.05, 3.63) is 0 Å². The van der Waals surface area contributed by atoms with Gasteiger partial charge in [-0.25, -0.2) is 4.79 Å². The van der Waals surface area contributed by atoms with Crippen molar-refractivity contribution in [2.24, 2.45) is 0 Å². The molecule has 0 aromatic carbocycles. The molecule has 1 N–H and O–H groups in total. The number of nitrogens with zero attached hydrogens (tertiary/aromatic N) is 2. The molecule has 0 saturated carbocycles. The fourth-order valence-electron chi connectivity index (χ4n) is 4.08. The van der Waals surface area contributed by atoms with Gasteiger partial charge in [0.2, 0.25) is 5.91 Å². The molecule has 2 aliphatic rings. The summed E-state index contributed by atoms with van der Waals surface area (Å²) in [6, 6.07) is 0.738. The van der Waals surface area contributed by atoms with Crippen LogP contribution in [0.1, 0.15) is 73.1 Å². The molecule has 2 rings (SSSR count). The lowest BCUT2D eigenvalue weighted by molar-refractivity contribution is -0.127. The summed E-state index contributed by atoms with van der Waals surface area (Å²) in [5.41, 5.74) is -0.546. The van der Waals surface area contributed by atoms with Crippen LogP contribution in [0.15, 0.2) is 0 Å². The lowest BCUT2D eigenvalue weighted by Gasteiger charge is -2.39. The molecular weight excluding hydrogens is 330 g/mol. The third-order valence-corrected chi connectivity index (χ3v) is 5.48. The number of likely N-dealkylation sites (tertiary alicyclic amines) is 2. The van der Waals surface area contributed by atoms with E-state index < -0.39 is 11.6 Å². The number of hydrogen-bond donors (Lipinski definition) is 1. The Hall–Kier alpha value is -1.30. The van der Waals surface area contributed by atoms with Crippen LogP contribution >= 0.6 is 0 Å². The van der Waals surface area contributed by atoms with Crippen molar-refractivity contribution < 1.29 is 14.3 Å². The highest BCUT2D eigenvalue weighted by molar-refractivity contribution is 5.85. The van der Waals surface area contributed by atoms with E-state index in [1.807, 2.05) is 20.8 Å². The molecular formula is C20H37N3O3. The van der Waals surface area contributed by atoms with Crippen LogP contribution in [0.5, 0.6) is 0 Å². The third kappa shape index (κ3) is 5.86. The van der Waals surface area contributed by atoms with E-state index >= 15 is 0 Å². The summed E-state index contributed by atoms with van der Waals surface area (Å²) >= 11 is 0. The second-order valence-corrected chi connectivity index (χ2v) is 8.84. The average Bonchev–Trinajstić information content (AvgIpc) is 2.56. The normalized spacial score (nSPS) is 27.9. The zero-order valence-electron chi connectivity index (χ0n) is 17.2. The summed E-state index contributed by atoms with van der Waals surface area (Å²) < 4.78 is 5.48. The first-order valence-corrected chi connectivity index (χ1v) is 10.2. The van der Waals surface area contributed by atoms with Crippen LogP contribution in [0.4, 0.5) is 4.79 Å². The van der Waals surface area contributed by atoms with E-state index in [1.54, 1.807) is 4.90 Å². The Labute approximate surface area is 158 Å². The first-order chi connectivity index (χ1) is 12.2. The van der Waals surface area contributed by atoms with Crippen LogP contribution in [0.2, 0.25) is 0 Å². The molecule has 0 bridgehead atoms. The number of piperidine rings is 2. The van der Waals surface area contributed by atoms with Crippen LogP contribution in [-0.4, -0.2) is 65.2 Å². The monoisotopic (exact) mass is 367 g/mol. The van der Waals surface area contributed by atoms with E-state index in [4.69, 9.17) is 4.74 Å². The minimum absolute atomic E-state index is 0.0483. The number of rotatable bonds is 4. The van der Waals surface area contributed by atoms with Gasteiger partial charge in [-0.3, -0.25) is 14.6 Å². The number of amides is 2. The SMILES string of the molecule is C[C@@H]1CCC[C@H](C)N1CCNC(=O)[C@@H]1CCCCN1C(=O)OC(C)(C)C. The highest BCUT2D eigenvalue weighted by atomic mass is 16.6. The van der Waals surface area contributed by atoms with Crippen LogP contribution in [0.3, 0.4) is 0 Å². The van der Waals surface area contributed by atoms with Gasteiger partial charge in [-0.05, 0) is 66.7 Å². The predicted octanol–water partition coefficient (Wildman–Crippen LogP) is 3.16. The molecule has 150 valence electrons. The minimum atomic E-state index is -0.546. The van der Waals surface area contributed by atoms with Gasteiger partial charge in [-0.1, -0.05) is 6.42 Å². The van der Waals surface area contributed by atoms with Crippen molar-refractivity contribution in [3.63, 3.8) is 0 Å². The third-order valence-electron chi connectivity index (χ3n) is 5.48. The molecule has 2 saturated heterocycles. The highest BCUT2D eigenvalue weighted by Crippen LogP contribution is 2.22. The predicted molar refractivity (Wildman–Crippen MR) is 103 cm³/mol. The Balaban J connectivity index is 1.86. The van der Waals surface area contributed by atoms with Crippen molar-refractivity contribution in [2.45, 2.75) is 96.9 Å². The van der Waals surface area contributed by atoms with E-state index in [2.05, 4.69) is 24.1 Å². The number of ether oxygens (including phenoxy) is 1. The maximum absolute atomic E-state index is 12.7. The molecule has 0 aromatic heterocycles. The second kappa shape index (κ2) is 9.07. The fourth-order valence-corrected chi connectivity index (χ4v) is 4.08. The fraction of sp³-hybridized carbons (Fsp3) is 0.900. The molecule has 2 heterocycles. The van der Waals surface area contributed by atoms with Crippen molar-refractivity contribution in [1.29, 1.82) is 0 Å². The molecule has 0 spiro atoms. The van der Waals surface area contributed by atoms with E-state index in [9.17, 15) is 9.59 Å². The summed E-state index contributed by atoms with van der Waals surface area (Å²) in [5, 5.41) is 3.06. The summed E-state index contributed by atoms with van der Waals surface area (Å²) in [7, 11) is 0. The number of nitrogens with one attached hydrogen (secondary N) is 1.